The summed E-state index contributed by atoms with van der Waals surface area (Å²) in [4.78, 5) is 11.5. The van der Waals surface area contributed by atoms with Crippen molar-refractivity contribution in [2.45, 2.75) is 57.4 Å². The van der Waals surface area contributed by atoms with Crippen LogP contribution in [0.4, 0.5) is 0 Å². The second-order valence-electron chi connectivity index (χ2n) is 2.68. The first-order valence-electron chi connectivity index (χ1n) is 3.97. The fourth-order valence-electron chi connectivity index (χ4n) is 1.31. The van der Waals surface area contributed by atoms with Crippen molar-refractivity contribution in [2.75, 3.05) is 0 Å². The molecule has 0 saturated heterocycles. The first kappa shape index (κ1) is 36.0. The van der Waals surface area contributed by atoms with Crippen LogP contribution in [0.2, 0.25) is 0 Å². The van der Waals surface area contributed by atoms with E-state index >= 15 is 0 Å². The highest BCUT2D eigenvalue weighted by molar-refractivity contribution is 6.10. The van der Waals surface area contributed by atoms with Gasteiger partial charge in [0, 0.05) is 11.1 Å². The lowest BCUT2D eigenvalue weighted by Crippen LogP contribution is -1.94. The normalized spacial score (nSPS) is 15.7. The molecule has 0 spiro atoms. The highest BCUT2D eigenvalue weighted by Crippen LogP contribution is 2.25. The first-order chi connectivity index (χ1) is 5.79. The average molecular weight is 256 g/mol. The van der Waals surface area contributed by atoms with Crippen LogP contribution >= 0.6 is 0 Å². The molecule has 0 bridgehead atoms. The Hall–Kier alpha value is -1.37. The second kappa shape index (κ2) is 18.0. The molecule has 0 aromatic carbocycles. The third-order valence-electron chi connectivity index (χ3n) is 1.89. The third kappa shape index (κ3) is 8.74. The van der Waals surface area contributed by atoms with Crippen LogP contribution in [-0.4, -0.2) is 5.78 Å². The summed E-state index contributed by atoms with van der Waals surface area (Å²) < 4.78 is 0. The lowest BCUT2D eigenvalue weighted by atomic mass is 10.1. The third-order valence-corrected chi connectivity index (χ3v) is 1.89. The Bertz CT molecular complexity index is 252. The van der Waals surface area contributed by atoms with Gasteiger partial charge in [0.25, 0.3) is 0 Å². The minimum Gasteiger partial charge on any atom is -0.289 e. The number of ketones is 1. The molecule has 1 saturated carbocycles. The number of allylic oxidation sites excluding steroid dienone is 6. The van der Waals surface area contributed by atoms with Gasteiger partial charge < -0.3 is 0 Å². The van der Waals surface area contributed by atoms with Gasteiger partial charge in [0.05, 0.1) is 0 Å². The van der Waals surface area contributed by atoms with Crippen molar-refractivity contribution >= 4 is 5.78 Å². The summed E-state index contributed by atoms with van der Waals surface area (Å²) in [5.74, 6) is 0.148. The van der Waals surface area contributed by atoms with Crippen molar-refractivity contribution in [3.63, 3.8) is 0 Å². The lowest BCUT2D eigenvalue weighted by Gasteiger charge is -1.90. The highest BCUT2D eigenvalue weighted by Gasteiger charge is 2.21. The van der Waals surface area contributed by atoms with Gasteiger partial charge in [-0.2, -0.15) is 0 Å². The minimum atomic E-state index is 0. The summed E-state index contributed by atoms with van der Waals surface area (Å²) in [7, 11) is 0. The summed E-state index contributed by atoms with van der Waals surface area (Å²) in [5.41, 5.74) is 1.72. The molecular weight excluding hydrogens is 220 g/mol. The van der Waals surface area contributed by atoms with Gasteiger partial charge in [-0.15, -0.1) is 0 Å². The van der Waals surface area contributed by atoms with Crippen LogP contribution in [0.5, 0.6) is 0 Å². The fourth-order valence-corrected chi connectivity index (χ4v) is 1.31. The van der Waals surface area contributed by atoms with E-state index in [4.69, 9.17) is 0 Å². The van der Waals surface area contributed by atoms with Crippen molar-refractivity contribution < 1.29 is 4.79 Å². The molecule has 1 aliphatic carbocycles. The van der Waals surface area contributed by atoms with Gasteiger partial charge in [0.15, 0.2) is 5.78 Å². The molecule has 110 valence electrons. The Labute approximate surface area is 117 Å². The van der Waals surface area contributed by atoms with Crippen molar-refractivity contribution in [3.8, 4) is 0 Å². The summed E-state index contributed by atoms with van der Waals surface area (Å²) in [6.45, 7) is 7.12. The van der Waals surface area contributed by atoms with Gasteiger partial charge >= 0.3 is 0 Å². The van der Waals surface area contributed by atoms with Gasteiger partial charge in [-0.3, -0.25) is 4.79 Å². The number of hydrogen-bond donors (Lipinski definition) is 0. The van der Waals surface area contributed by atoms with Gasteiger partial charge in [0.1, 0.15) is 0 Å². The minimum absolute atomic E-state index is 0. The summed E-state index contributed by atoms with van der Waals surface area (Å²) in [6.07, 6.45) is 8.56. The molecular formula is C17H36O. The van der Waals surface area contributed by atoms with E-state index in [1.165, 1.54) is 0 Å². The molecule has 1 nitrogen and oxygen atoms in total. The maximum Gasteiger partial charge on any atom is 0.185 e. The quantitative estimate of drug-likeness (QED) is 0.523. The second-order valence-corrected chi connectivity index (χ2v) is 2.68. The monoisotopic (exact) mass is 256 g/mol. The molecule has 1 heteroatoms. The zero-order valence-electron chi connectivity index (χ0n) is 7.05. The van der Waals surface area contributed by atoms with E-state index in [0.29, 0.717) is 0 Å². The molecule has 18 heavy (non-hydrogen) atoms. The number of carbonyl (C=O) groups is 1. The topological polar surface area (TPSA) is 17.1 Å². The molecule has 0 amide bonds. The molecule has 0 radical (unpaired) electrons. The Balaban J connectivity index is -0.0000000600. The number of carbonyl (C=O) groups excluding carboxylic acids is 1. The zero-order valence-corrected chi connectivity index (χ0v) is 7.05. The molecule has 0 aromatic heterocycles. The van der Waals surface area contributed by atoms with Crippen LogP contribution in [0, 0.1) is 0 Å². The Morgan fingerprint density at radius 3 is 1.22 bits per heavy atom. The standard InChI is InChI=1S/C11H12O.6CH4/c1-3-5-9-7-8-10(6-4-2)11(9)12;;;;;;/h3-6H,1-2,7-8H2;6*1H4. The predicted molar refractivity (Wildman–Crippen MR) is 91.2 cm³/mol. The molecule has 0 heterocycles. The lowest BCUT2D eigenvalue weighted by molar-refractivity contribution is -0.111. The van der Waals surface area contributed by atoms with E-state index in [-0.39, 0.29) is 50.3 Å². The van der Waals surface area contributed by atoms with Crippen molar-refractivity contribution in [3.05, 3.63) is 48.6 Å². The Morgan fingerprint density at radius 2 is 1.00 bits per heavy atom. The Morgan fingerprint density at radius 1 is 0.722 bits per heavy atom. The van der Waals surface area contributed by atoms with E-state index in [9.17, 15) is 4.79 Å². The maximum absolute atomic E-state index is 11.5. The zero-order chi connectivity index (χ0) is 8.97. The SMILES string of the molecule is C.C.C.C.C.C.C=CC=C1CCC(=CC=C)C1=O. The van der Waals surface area contributed by atoms with Gasteiger partial charge in [-0.25, -0.2) is 0 Å². The van der Waals surface area contributed by atoms with Crippen molar-refractivity contribution in [1.29, 1.82) is 0 Å². The van der Waals surface area contributed by atoms with Crippen molar-refractivity contribution in [1.82, 2.24) is 0 Å². The van der Waals surface area contributed by atoms with Gasteiger partial charge in [0.2, 0.25) is 0 Å². The van der Waals surface area contributed by atoms with E-state index < -0.39 is 0 Å². The average Bonchev–Trinajstić information content (AvgIpc) is 2.38. The maximum atomic E-state index is 11.5. The van der Waals surface area contributed by atoms with E-state index in [1.807, 2.05) is 0 Å². The van der Waals surface area contributed by atoms with Gasteiger partial charge in [-0.1, -0.05) is 82.0 Å². The van der Waals surface area contributed by atoms with E-state index in [1.54, 1.807) is 24.3 Å². The Kier molecular flexibility index (Phi) is 36.0. The van der Waals surface area contributed by atoms with Crippen LogP contribution in [0.3, 0.4) is 0 Å². The van der Waals surface area contributed by atoms with E-state index in [2.05, 4.69) is 13.2 Å². The van der Waals surface area contributed by atoms with Crippen LogP contribution in [0.1, 0.15) is 57.4 Å². The highest BCUT2D eigenvalue weighted by atomic mass is 16.1. The van der Waals surface area contributed by atoms with E-state index in [0.717, 1.165) is 24.0 Å². The summed E-state index contributed by atoms with van der Waals surface area (Å²) in [5, 5.41) is 0. The molecule has 0 atom stereocenters. The molecule has 0 unspecified atom stereocenters. The molecule has 0 N–H and O–H groups in total. The number of hydrogen-bond acceptors (Lipinski definition) is 1. The fraction of sp³-hybridized carbons (Fsp3) is 0.471. The molecule has 1 fully saturated rings. The molecule has 0 aromatic rings. The molecule has 1 aliphatic rings. The predicted octanol–water partition coefficient (Wildman–Crippen LogP) is 6.39. The number of rotatable bonds is 2. The summed E-state index contributed by atoms with van der Waals surface area (Å²) in [6, 6.07) is 0. The van der Waals surface area contributed by atoms with Crippen LogP contribution in [0.15, 0.2) is 48.6 Å². The van der Waals surface area contributed by atoms with Crippen molar-refractivity contribution in [2.24, 2.45) is 0 Å². The van der Waals surface area contributed by atoms with Crippen LogP contribution in [0.25, 0.3) is 0 Å². The van der Waals surface area contributed by atoms with Crippen LogP contribution in [-0.2, 0) is 4.79 Å². The first-order valence-corrected chi connectivity index (χ1v) is 3.97. The smallest absolute Gasteiger partial charge is 0.185 e. The van der Waals surface area contributed by atoms with Crippen LogP contribution < -0.4 is 0 Å². The molecule has 1 rings (SSSR count). The number of Topliss-reactive ketones (excluding diaryl/α,β-unsaturated/α-hetero) is 1. The largest absolute Gasteiger partial charge is 0.289 e. The molecule has 0 aliphatic heterocycles. The summed E-state index contributed by atoms with van der Waals surface area (Å²) >= 11 is 0. The van der Waals surface area contributed by atoms with Gasteiger partial charge in [-0.05, 0) is 12.8 Å².